The topological polar surface area (TPSA) is 59.4 Å². The van der Waals surface area contributed by atoms with Crippen LogP contribution >= 0.6 is 15.9 Å². The van der Waals surface area contributed by atoms with Crippen molar-refractivity contribution in [3.63, 3.8) is 0 Å². The molecule has 0 saturated carbocycles. The van der Waals surface area contributed by atoms with E-state index < -0.39 is 5.97 Å². The van der Waals surface area contributed by atoms with Crippen LogP contribution in [0.4, 0.5) is 0 Å². The van der Waals surface area contributed by atoms with Crippen LogP contribution in [0.3, 0.4) is 0 Å². The standard InChI is InChI=1S/C9H8BrNO3/c1-14-8-5-11-4-7(10)6(8)2-3-9(12)13/h2-5H,1H3,(H,12,13)/b3-2+. The van der Waals surface area contributed by atoms with E-state index in [1.807, 2.05) is 0 Å². The highest BCUT2D eigenvalue weighted by molar-refractivity contribution is 9.10. The number of rotatable bonds is 3. The van der Waals surface area contributed by atoms with Crippen LogP contribution in [0.2, 0.25) is 0 Å². The molecule has 74 valence electrons. The monoisotopic (exact) mass is 257 g/mol. The fraction of sp³-hybridized carbons (Fsp3) is 0.111. The molecule has 1 heterocycles. The van der Waals surface area contributed by atoms with Gasteiger partial charge in [-0.3, -0.25) is 4.98 Å². The van der Waals surface area contributed by atoms with E-state index >= 15 is 0 Å². The van der Waals surface area contributed by atoms with Crippen molar-refractivity contribution in [3.05, 3.63) is 28.5 Å². The lowest BCUT2D eigenvalue weighted by Crippen LogP contribution is -1.91. The highest BCUT2D eigenvalue weighted by Gasteiger charge is 2.04. The van der Waals surface area contributed by atoms with Gasteiger partial charge in [-0.15, -0.1) is 0 Å². The van der Waals surface area contributed by atoms with Crippen LogP contribution in [0.1, 0.15) is 5.56 Å². The predicted molar refractivity (Wildman–Crippen MR) is 55.2 cm³/mol. The molecule has 14 heavy (non-hydrogen) atoms. The van der Waals surface area contributed by atoms with Gasteiger partial charge in [0.25, 0.3) is 0 Å². The average molecular weight is 258 g/mol. The van der Waals surface area contributed by atoms with E-state index in [0.717, 1.165) is 6.08 Å². The summed E-state index contributed by atoms with van der Waals surface area (Å²) < 4.78 is 5.71. The Hall–Kier alpha value is -1.36. The van der Waals surface area contributed by atoms with E-state index in [0.29, 0.717) is 15.8 Å². The first-order valence-corrected chi connectivity index (χ1v) is 4.53. The first-order valence-electron chi connectivity index (χ1n) is 3.73. The van der Waals surface area contributed by atoms with Crippen molar-refractivity contribution in [1.82, 2.24) is 4.98 Å². The molecule has 1 aromatic rings. The molecule has 0 amide bonds. The Morgan fingerprint density at radius 2 is 2.36 bits per heavy atom. The normalized spacial score (nSPS) is 10.4. The number of ether oxygens (including phenoxy) is 1. The summed E-state index contributed by atoms with van der Waals surface area (Å²) in [4.78, 5) is 14.2. The van der Waals surface area contributed by atoms with Crippen LogP contribution in [0, 0.1) is 0 Å². The minimum absolute atomic E-state index is 0.525. The lowest BCUT2D eigenvalue weighted by Gasteiger charge is -2.04. The van der Waals surface area contributed by atoms with Crippen LogP contribution < -0.4 is 4.74 Å². The summed E-state index contributed by atoms with van der Waals surface area (Å²) in [6, 6.07) is 0. The first kappa shape index (κ1) is 10.7. The summed E-state index contributed by atoms with van der Waals surface area (Å²) in [6.45, 7) is 0. The van der Waals surface area contributed by atoms with Crippen molar-refractivity contribution in [2.75, 3.05) is 7.11 Å². The number of aromatic nitrogens is 1. The predicted octanol–water partition coefficient (Wildman–Crippen LogP) is 1.95. The van der Waals surface area contributed by atoms with Crippen molar-refractivity contribution in [3.8, 4) is 5.75 Å². The number of carboxylic acids is 1. The molecule has 5 heteroatoms. The second-order valence-electron chi connectivity index (χ2n) is 2.41. The molecule has 0 atom stereocenters. The lowest BCUT2D eigenvalue weighted by molar-refractivity contribution is -0.131. The van der Waals surface area contributed by atoms with Gasteiger partial charge in [0.05, 0.1) is 13.3 Å². The molecule has 1 N–H and O–H groups in total. The largest absolute Gasteiger partial charge is 0.494 e. The van der Waals surface area contributed by atoms with Crippen LogP contribution in [0.25, 0.3) is 6.08 Å². The van der Waals surface area contributed by atoms with E-state index in [-0.39, 0.29) is 0 Å². The molecule has 0 aliphatic heterocycles. The molecule has 0 spiro atoms. The third kappa shape index (κ3) is 2.56. The Kier molecular flexibility index (Phi) is 3.64. The van der Waals surface area contributed by atoms with E-state index in [4.69, 9.17) is 9.84 Å². The van der Waals surface area contributed by atoms with Crippen LogP contribution in [-0.4, -0.2) is 23.2 Å². The zero-order chi connectivity index (χ0) is 10.6. The Morgan fingerprint density at radius 1 is 1.64 bits per heavy atom. The number of hydrogen-bond donors (Lipinski definition) is 1. The van der Waals surface area contributed by atoms with Gasteiger partial charge in [0.15, 0.2) is 0 Å². The highest BCUT2D eigenvalue weighted by atomic mass is 79.9. The van der Waals surface area contributed by atoms with Crippen molar-refractivity contribution in [1.29, 1.82) is 0 Å². The third-order valence-electron chi connectivity index (χ3n) is 1.51. The maximum Gasteiger partial charge on any atom is 0.328 e. The molecule has 0 aliphatic rings. The molecule has 0 aromatic carbocycles. The smallest absolute Gasteiger partial charge is 0.328 e. The molecule has 1 rings (SSSR count). The van der Waals surface area contributed by atoms with Gasteiger partial charge >= 0.3 is 5.97 Å². The molecular formula is C9H8BrNO3. The fourth-order valence-corrected chi connectivity index (χ4v) is 1.35. The highest BCUT2D eigenvalue weighted by Crippen LogP contribution is 2.26. The minimum atomic E-state index is -1.00. The fourth-order valence-electron chi connectivity index (χ4n) is 0.906. The van der Waals surface area contributed by atoms with Gasteiger partial charge in [-0.1, -0.05) is 0 Å². The summed E-state index contributed by atoms with van der Waals surface area (Å²) in [7, 11) is 1.50. The van der Waals surface area contributed by atoms with E-state index in [2.05, 4.69) is 20.9 Å². The number of nitrogens with zero attached hydrogens (tertiary/aromatic N) is 1. The van der Waals surface area contributed by atoms with E-state index in [9.17, 15) is 4.79 Å². The second kappa shape index (κ2) is 4.76. The van der Waals surface area contributed by atoms with Crippen LogP contribution in [0.15, 0.2) is 22.9 Å². The number of halogens is 1. The number of carbonyl (C=O) groups is 1. The average Bonchev–Trinajstić information content (AvgIpc) is 2.15. The molecule has 0 radical (unpaired) electrons. The number of hydrogen-bond acceptors (Lipinski definition) is 3. The minimum Gasteiger partial charge on any atom is -0.494 e. The first-order chi connectivity index (χ1) is 6.65. The zero-order valence-electron chi connectivity index (χ0n) is 7.40. The molecule has 1 aromatic heterocycles. The van der Waals surface area contributed by atoms with Crippen LogP contribution in [0.5, 0.6) is 5.75 Å². The van der Waals surface area contributed by atoms with Gasteiger partial charge in [-0.25, -0.2) is 4.79 Å². The molecule has 0 bridgehead atoms. The number of carboxylic acid groups (broad SMARTS) is 1. The Bertz CT molecular complexity index is 376. The number of pyridine rings is 1. The van der Waals surface area contributed by atoms with E-state index in [1.54, 1.807) is 6.20 Å². The Morgan fingerprint density at radius 3 is 2.93 bits per heavy atom. The summed E-state index contributed by atoms with van der Waals surface area (Å²) in [6.07, 6.45) is 5.59. The maximum absolute atomic E-state index is 10.3. The summed E-state index contributed by atoms with van der Waals surface area (Å²) in [5.74, 6) is -0.479. The molecule has 0 saturated heterocycles. The molecule has 0 fully saturated rings. The quantitative estimate of drug-likeness (QED) is 0.842. The van der Waals surface area contributed by atoms with Crippen molar-refractivity contribution in [2.24, 2.45) is 0 Å². The number of methoxy groups -OCH3 is 1. The number of aliphatic carboxylic acids is 1. The maximum atomic E-state index is 10.3. The third-order valence-corrected chi connectivity index (χ3v) is 2.15. The molecular weight excluding hydrogens is 250 g/mol. The van der Waals surface area contributed by atoms with Gasteiger partial charge < -0.3 is 9.84 Å². The summed E-state index contributed by atoms with van der Waals surface area (Å²) in [5, 5.41) is 8.47. The molecule has 0 unspecified atom stereocenters. The zero-order valence-corrected chi connectivity index (χ0v) is 8.98. The van der Waals surface area contributed by atoms with Crippen molar-refractivity contribution < 1.29 is 14.6 Å². The Balaban J connectivity index is 3.11. The lowest BCUT2D eigenvalue weighted by atomic mass is 10.2. The van der Waals surface area contributed by atoms with Gasteiger partial charge in [-0.2, -0.15) is 0 Å². The summed E-state index contributed by atoms with van der Waals surface area (Å²) in [5.41, 5.74) is 0.657. The van der Waals surface area contributed by atoms with Gasteiger partial charge in [0.1, 0.15) is 5.75 Å². The molecule has 0 aliphatic carbocycles. The SMILES string of the molecule is COc1cncc(Br)c1/C=C/C(=O)O. The second-order valence-corrected chi connectivity index (χ2v) is 3.26. The van der Waals surface area contributed by atoms with Crippen molar-refractivity contribution >= 4 is 28.0 Å². The Labute approximate surface area is 89.4 Å². The molecule has 4 nitrogen and oxygen atoms in total. The van der Waals surface area contributed by atoms with Gasteiger partial charge in [0.2, 0.25) is 0 Å². The van der Waals surface area contributed by atoms with Crippen molar-refractivity contribution in [2.45, 2.75) is 0 Å². The summed E-state index contributed by atoms with van der Waals surface area (Å²) >= 11 is 3.25. The van der Waals surface area contributed by atoms with Crippen LogP contribution in [-0.2, 0) is 4.79 Å². The van der Waals surface area contributed by atoms with E-state index in [1.165, 1.54) is 19.4 Å². The van der Waals surface area contributed by atoms with Gasteiger partial charge in [-0.05, 0) is 22.0 Å². The van der Waals surface area contributed by atoms with Gasteiger partial charge in [0, 0.05) is 22.3 Å².